The van der Waals surface area contributed by atoms with Crippen LogP contribution < -0.4 is 0 Å². The first kappa shape index (κ1) is 19.4. The van der Waals surface area contributed by atoms with Gasteiger partial charge in [-0.3, -0.25) is 4.79 Å². The summed E-state index contributed by atoms with van der Waals surface area (Å²) in [5, 5.41) is 11.3. The molecule has 1 fully saturated rings. The van der Waals surface area contributed by atoms with Crippen LogP contribution in [0, 0.1) is 5.92 Å². The van der Waals surface area contributed by atoms with Crippen LogP contribution in [0.1, 0.15) is 30.6 Å². The smallest absolute Gasteiger partial charge is 0.288 e. The molecule has 1 N–H and O–H groups in total. The molecular weight excluding hydrogens is 354 g/mol. The highest BCUT2D eigenvalue weighted by Gasteiger charge is 2.39. The molecule has 26 heavy (non-hydrogen) atoms. The van der Waals surface area contributed by atoms with Gasteiger partial charge in [-0.05, 0) is 37.3 Å². The maximum atomic E-state index is 12.9. The van der Waals surface area contributed by atoms with Crippen molar-refractivity contribution in [3.63, 3.8) is 0 Å². The molecule has 2 aliphatic rings. The minimum atomic E-state index is -0.483. The van der Waals surface area contributed by atoms with Crippen LogP contribution in [-0.4, -0.2) is 61.7 Å². The number of carbonyl (C=O) groups is 1. The highest BCUT2D eigenvalue weighted by atomic mass is 32.1. The molecule has 144 valence electrons. The zero-order chi connectivity index (χ0) is 18.4. The number of rotatable bonds is 7. The molecule has 0 radical (unpaired) electrons. The fourth-order valence-corrected chi connectivity index (χ4v) is 4.36. The maximum Gasteiger partial charge on any atom is 0.288 e. The molecule has 1 saturated heterocycles. The topological polar surface area (TPSA) is 68.2 Å². The van der Waals surface area contributed by atoms with Gasteiger partial charge in [0.2, 0.25) is 6.29 Å². The number of morpholine rings is 1. The van der Waals surface area contributed by atoms with Crippen molar-refractivity contribution in [2.45, 2.75) is 32.0 Å². The standard InChI is InChI=1S/C19H27NO5S/c1-2-24-19-14(5-3-9-21)15(17-6-4-12-26-17)13-16(25-19)18(22)20-7-10-23-11-8-20/h4,6,12-15,19,21H,2-3,5,7-11H2,1H3/t14-,15-,19+/m1/s1. The Bertz CT molecular complexity index is 597. The Morgan fingerprint density at radius 3 is 2.88 bits per heavy atom. The Hall–Kier alpha value is -1.41. The van der Waals surface area contributed by atoms with Gasteiger partial charge in [0.1, 0.15) is 0 Å². The molecule has 2 aliphatic heterocycles. The van der Waals surface area contributed by atoms with E-state index in [4.69, 9.17) is 14.2 Å². The van der Waals surface area contributed by atoms with E-state index in [-0.39, 0.29) is 24.3 Å². The molecule has 0 aromatic carbocycles. The summed E-state index contributed by atoms with van der Waals surface area (Å²) in [6.07, 6.45) is 2.92. The van der Waals surface area contributed by atoms with Gasteiger partial charge in [-0.2, -0.15) is 0 Å². The van der Waals surface area contributed by atoms with Crippen LogP contribution in [0.5, 0.6) is 0 Å². The first-order valence-corrected chi connectivity index (χ1v) is 10.1. The number of allylic oxidation sites excluding steroid dienone is 1. The molecule has 0 bridgehead atoms. The largest absolute Gasteiger partial charge is 0.459 e. The van der Waals surface area contributed by atoms with E-state index in [1.807, 2.05) is 24.4 Å². The van der Waals surface area contributed by atoms with Crippen LogP contribution in [0.3, 0.4) is 0 Å². The molecule has 0 saturated carbocycles. The summed E-state index contributed by atoms with van der Waals surface area (Å²) < 4.78 is 17.2. The SMILES string of the molecule is CCO[C@H]1OC(C(=O)N2CCOCC2)=C[C@@H](c2cccs2)[C@H]1CCCO. The average molecular weight is 381 g/mol. The Morgan fingerprint density at radius 2 is 2.23 bits per heavy atom. The highest BCUT2D eigenvalue weighted by molar-refractivity contribution is 7.10. The van der Waals surface area contributed by atoms with Gasteiger partial charge in [-0.15, -0.1) is 11.3 Å². The molecule has 0 aliphatic carbocycles. The molecule has 3 atom stereocenters. The van der Waals surface area contributed by atoms with Gasteiger partial charge in [-0.1, -0.05) is 6.07 Å². The van der Waals surface area contributed by atoms with Crippen molar-refractivity contribution in [2.24, 2.45) is 5.92 Å². The van der Waals surface area contributed by atoms with E-state index in [0.717, 1.165) is 6.42 Å². The van der Waals surface area contributed by atoms with Crippen molar-refractivity contribution in [1.29, 1.82) is 0 Å². The van der Waals surface area contributed by atoms with Crippen LogP contribution in [0.15, 0.2) is 29.3 Å². The molecule has 1 amide bonds. The van der Waals surface area contributed by atoms with Crippen molar-refractivity contribution in [1.82, 2.24) is 4.90 Å². The van der Waals surface area contributed by atoms with E-state index >= 15 is 0 Å². The quantitative estimate of drug-likeness (QED) is 0.785. The van der Waals surface area contributed by atoms with E-state index in [2.05, 4.69) is 6.07 Å². The van der Waals surface area contributed by atoms with E-state index < -0.39 is 6.29 Å². The van der Waals surface area contributed by atoms with Gasteiger partial charge < -0.3 is 24.2 Å². The first-order chi connectivity index (χ1) is 12.7. The molecule has 1 aromatic heterocycles. The second-order valence-corrected chi connectivity index (χ2v) is 7.43. The van der Waals surface area contributed by atoms with E-state index in [9.17, 15) is 9.90 Å². The lowest BCUT2D eigenvalue weighted by Gasteiger charge is -2.38. The van der Waals surface area contributed by atoms with Crippen LogP contribution in [-0.2, 0) is 19.0 Å². The molecule has 3 rings (SSSR count). The molecule has 6 nitrogen and oxygen atoms in total. The van der Waals surface area contributed by atoms with Gasteiger partial charge in [0, 0.05) is 43.0 Å². The fourth-order valence-electron chi connectivity index (χ4n) is 3.49. The van der Waals surface area contributed by atoms with Gasteiger partial charge in [0.05, 0.1) is 13.2 Å². The summed E-state index contributed by atoms with van der Waals surface area (Å²) in [7, 11) is 0. The van der Waals surface area contributed by atoms with Crippen molar-refractivity contribution in [3.8, 4) is 0 Å². The zero-order valence-corrected chi connectivity index (χ0v) is 16.0. The molecule has 1 aromatic rings. The predicted octanol–water partition coefficient (Wildman–Crippen LogP) is 2.36. The number of thiophene rings is 1. The van der Waals surface area contributed by atoms with Crippen LogP contribution >= 0.6 is 11.3 Å². The summed E-state index contributed by atoms with van der Waals surface area (Å²) in [6, 6.07) is 4.11. The van der Waals surface area contributed by atoms with Crippen molar-refractivity contribution < 1.29 is 24.1 Å². The van der Waals surface area contributed by atoms with E-state index in [0.29, 0.717) is 45.1 Å². The Labute approximate surface area is 158 Å². The van der Waals surface area contributed by atoms with Gasteiger partial charge in [0.25, 0.3) is 5.91 Å². The van der Waals surface area contributed by atoms with Crippen LogP contribution in [0.4, 0.5) is 0 Å². The van der Waals surface area contributed by atoms with Gasteiger partial charge >= 0.3 is 0 Å². The Balaban J connectivity index is 1.87. The summed E-state index contributed by atoms with van der Waals surface area (Å²) in [6.45, 7) is 4.84. The summed E-state index contributed by atoms with van der Waals surface area (Å²) in [5.41, 5.74) is 0. The Morgan fingerprint density at radius 1 is 1.42 bits per heavy atom. The molecule has 0 spiro atoms. The number of hydrogen-bond acceptors (Lipinski definition) is 6. The predicted molar refractivity (Wildman–Crippen MR) is 98.9 cm³/mol. The number of ether oxygens (including phenoxy) is 3. The van der Waals surface area contributed by atoms with Crippen molar-refractivity contribution in [3.05, 3.63) is 34.2 Å². The lowest BCUT2D eigenvalue weighted by molar-refractivity contribution is -0.171. The minimum Gasteiger partial charge on any atom is -0.459 e. The number of carbonyl (C=O) groups excluding carboxylic acids is 1. The second kappa shape index (κ2) is 9.50. The summed E-state index contributed by atoms with van der Waals surface area (Å²) in [5.74, 6) is 0.387. The number of hydrogen-bond donors (Lipinski definition) is 1. The van der Waals surface area contributed by atoms with Crippen molar-refractivity contribution >= 4 is 17.2 Å². The molecular formula is C19H27NO5S. The van der Waals surface area contributed by atoms with Crippen LogP contribution in [0.2, 0.25) is 0 Å². The highest BCUT2D eigenvalue weighted by Crippen LogP contribution is 2.41. The van der Waals surface area contributed by atoms with E-state index in [1.165, 1.54) is 4.88 Å². The van der Waals surface area contributed by atoms with Gasteiger partial charge in [0.15, 0.2) is 5.76 Å². The lowest BCUT2D eigenvalue weighted by Crippen LogP contribution is -2.44. The van der Waals surface area contributed by atoms with E-state index in [1.54, 1.807) is 16.2 Å². The number of nitrogens with zero attached hydrogens (tertiary/aromatic N) is 1. The summed E-state index contributed by atoms with van der Waals surface area (Å²) in [4.78, 5) is 15.9. The third-order valence-corrected chi connectivity index (χ3v) is 5.77. The third-order valence-electron chi connectivity index (χ3n) is 4.79. The fraction of sp³-hybridized carbons (Fsp3) is 0.632. The number of aliphatic hydroxyl groups is 1. The monoisotopic (exact) mass is 381 g/mol. The molecule has 0 unspecified atom stereocenters. The first-order valence-electron chi connectivity index (χ1n) is 9.26. The molecule has 7 heteroatoms. The van der Waals surface area contributed by atoms with Crippen LogP contribution in [0.25, 0.3) is 0 Å². The zero-order valence-electron chi connectivity index (χ0n) is 15.1. The average Bonchev–Trinajstić information content (AvgIpc) is 3.21. The lowest BCUT2D eigenvalue weighted by atomic mass is 9.84. The normalized spacial score (nSPS) is 26.3. The number of aliphatic hydroxyl groups excluding tert-OH is 1. The second-order valence-electron chi connectivity index (χ2n) is 6.45. The maximum absolute atomic E-state index is 12.9. The van der Waals surface area contributed by atoms with Crippen molar-refractivity contribution in [2.75, 3.05) is 39.5 Å². The summed E-state index contributed by atoms with van der Waals surface area (Å²) >= 11 is 1.67. The third kappa shape index (κ3) is 4.46. The minimum absolute atomic E-state index is 0.0480. The van der Waals surface area contributed by atoms with Gasteiger partial charge in [-0.25, -0.2) is 0 Å². The Kier molecular flexibility index (Phi) is 7.07. The molecule has 3 heterocycles. The number of amides is 1.